The van der Waals surface area contributed by atoms with Crippen LogP contribution in [0.2, 0.25) is 0 Å². The largest absolute Gasteiger partial charge is 0.264 e. The molecule has 0 N–H and O–H groups in total. The average molecular weight is 147 g/mol. The quantitative estimate of drug-likeness (QED) is 0.428. The van der Waals surface area contributed by atoms with Crippen LogP contribution in [-0.2, 0) is 0 Å². The van der Waals surface area contributed by atoms with Gasteiger partial charge in [-0.2, -0.15) is 0 Å². The molecule has 0 atom stereocenters. The maximum atomic E-state index is 3.95. The van der Waals surface area contributed by atoms with Crippen LogP contribution in [0.25, 0.3) is 0 Å². The molecule has 58 valence electrons. The second kappa shape index (κ2) is 6.75. The summed E-state index contributed by atoms with van der Waals surface area (Å²) in [5.41, 5.74) is 1.09. The van der Waals surface area contributed by atoms with Crippen molar-refractivity contribution >= 4 is 6.21 Å². The van der Waals surface area contributed by atoms with Crippen LogP contribution in [0.1, 0.15) is 6.92 Å². The lowest BCUT2D eigenvalue weighted by atomic mass is 10.3. The van der Waals surface area contributed by atoms with Crippen LogP contribution >= 0.6 is 0 Å². The van der Waals surface area contributed by atoms with E-state index in [-0.39, 0.29) is 0 Å². The minimum atomic E-state index is 1.09. The summed E-state index contributed by atoms with van der Waals surface area (Å²) >= 11 is 0. The Morgan fingerprint density at radius 2 is 2.00 bits per heavy atom. The molecule has 0 spiro atoms. The van der Waals surface area contributed by atoms with Crippen molar-refractivity contribution in [2.45, 2.75) is 6.92 Å². The lowest BCUT2D eigenvalue weighted by Gasteiger charge is -1.84. The van der Waals surface area contributed by atoms with Gasteiger partial charge in [-0.05, 0) is 12.5 Å². The first-order valence-corrected chi connectivity index (χ1v) is 3.41. The highest BCUT2D eigenvalue weighted by molar-refractivity contribution is 5.70. The minimum Gasteiger partial charge on any atom is -0.264 e. The summed E-state index contributed by atoms with van der Waals surface area (Å²) < 4.78 is 0. The molecule has 0 amide bonds. The molecular weight excluding hydrogens is 134 g/mol. The first kappa shape index (κ1) is 9.63. The van der Waals surface area contributed by atoms with E-state index in [4.69, 9.17) is 0 Å². The van der Waals surface area contributed by atoms with Crippen molar-refractivity contribution in [3.63, 3.8) is 0 Å². The third kappa shape index (κ3) is 6.52. The van der Waals surface area contributed by atoms with E-state index in [2.05, 4.69) is 18.2 Å². The molecule has 0 radical (unpaired) electrons. The molecule has 1 nitrogen and oxygen atoms in total. The van der Waals surface area contributed by atoms with E-state index in [1.165, 1.54) is 0 Å². The van der Waals surface area contributed by atoms with Crippen molar-refractivity contribution in [2.24, 2.45) is 4.99 Å². The van der Waals surface area contributed by atoms with Crippen LogP contribution in [0.3, 0.4) is 0 Å². The van der Waals surface area contributed by atoms with E-state index in [0.717, 1.165) is 5.57 Å². The van der Waals surface area contributed by atoms with Gasteiger partial charge in [0.25, 0.3) is 0 Å². The Morgan fingerprint density at radius 1 is 1.27 bits per heavy atom. The summed E-state index contributed by atoms with van der Waals surface area (Å²) in [6.07, 6.45) is 10.6. The van der Waals surface area contributed by atoms with Crippen LogP contribution in [0.15, 0.2) is 54.2 Å². The van der Waals surface area contributed by atoms with E-state index in [0.29, 0.717) is 0 Å². The van der Waals surface area contributed by atoms with Crippen molar-refractivity contribution in [1.29, 1.82) is 0 Å². The molecule has 0 saturated carbocycles. The zero-order valence-corrected chi connectivity index (χ0v) is 6.83. The summed E-state index contributed by atoms with van der Waals surface area (Å²) in [4.78, 5) is 3.95. The maximum absolute atomic E-state index is 3.95. The van der Waals surface area contributed by atoms with E-state index >= 15 is 0 Å². The molecule has 0 aromatic rings. The molecule has 1 heteroatoms. The fourth-order valence-corrected chi connectivity index (χ4v) is 0.484. The smallest absolute Gasteiger partial charge is 0.0297 e. The van der Waals surface area contributed by atoms with Gasteiger partial charge in [0, 0.05) is 12.4 Å². The second-order valence-electron chi connectivity index (χ2n) is 2.00. The molecule has 0 aliphatic carbocycles. The van der Waals surface area contributed by atoms with Gasteiger partial charge in [-0.15, -0.1) is 0 Å². The fraction of sp³-hybridized carbons (Fsp3) is 0.100. The average Bonchev–Trinajstić information content (AvgIpc) is 2.01. The predicted octanol–water partition coefficient (Wildman–Crippen LogP) is 2.89. The molecular formula is C10H13N. The standard InChI is InChI=1S/C10H13N/c1-4-6-7-10(3)9-11-8-5-2/h4-9H,1-2H2,3H3/b7-6+,10-9-,11-8?. The number of allylic oxidation sites excluding steroid dienone is 5. The highest BCUT2D eigenvalue weighted by atomic mass is 14.7. The van der Waals surface area contributed by atoms with Crippen molar-refractivity contribution < 1.29 is 0 Å². The van der Waals surface area contributed by atoms with E-state index in [1.807, 2.05) is 19.1 Å². The first-order valence-electron chi connectivity index (χ1n) is 3.41. The number of hydrogen-bond acceptors (Lipinski definition) is 1. The topological polar surface area (TPSA) is 12.4 Å². The molecule has 0 aromatic heterocycles. The molecule has 0 bridgehead atoms. The van der Waals surface area contributed by atoms with E-state index < -0.39 is 0 Å². The Hall–Kier alpha value is -1.37. The van der Waals surface area contributed by atoms with Crippen LogP contribution in [0, 0.1) is 0 Å². The van der Waals surface area contributed by atoms with Crippen molar-refractivity contribution in [3.8, 4) is 0 Å². The Labute approximate surface area is 68.2 Å². The summed E-state index contributed by atoms with van der Waals surface area (Å²) in [6, 6.07) is 0. The molecule has 0 saturated heterocycles. The minimum absolute atomic E-state index is 1.09. The number of rotatable bonds is 4. The molecule has 0 unspecified atom stereocenters. The molecule has 0 heterocycles. The molecule has 0 rings (SSSR count). The maximum Gasteiger partial charge on any atom is 0.0297 e. The van der Waals surface area contributed by atoms with Gasteiger partial charge in [-0.1, -0.05) is 37.5 Å². The van der Waals surface area contributed by atoms with Gasteiger partial charge in [-0.3, -0.25) is 4.99 Å². The van der Waals surface area contributed by atoms with Gasteiger partial charge in [0.05, 0.1) is 0 Å². The first-order chi connectivity index (χ1) is 5.31. The number of hydrogen-bond donors (Lipinski definition) is 0. The monoisotopic (exact) mass is 147 g/mol. The van der Waals surface area contributed by atoms with Crippen LogP contribution in [0.4, 0.5) is 0 Å². The van der Waals surface area contributed by atoms with Gasteiger partial charge in [0.2, 0.25) is 0 Å². The van der Waals surface area contributed by atoms with E-state index in [9.17, 15) is 0 Å². The van der Waals surface area contributed by atoms with Gasteiger partial charge >= 0.3 is 0 Å². The van der Waals surface area contributed by atoms with Crippen molar-refractivity contribution in [2.75, 3.05) is 0 Å². The number of nitrogens with zero attached hydrogens (tertiary/aromatic N) is 1. The van der Waals surface area contributed by atoms with E-state index in [1.54, 1.807) is 24.6 Å². The van der Waals surface area contributed by atoms with Crippen LogP contribution < -0.4 is 0 Å². The zero-order valence-electron chi connectivity index (χ0n) is 6.83. The number of aliphatic imine (C=N–C) groups is 1. The fourth-order valence-electron chi connectivity index (χ4n) is 0.484. The Balaban J connectivity index is 3.99. The SMILES string of the molecule is C=CC=N/C=C(C)\C=C\C=C. The predicted molar refractivity (Wildman–Crippen MR) is 51.8 cm³/mol. The Kier molecular flexibility index (Phi) is 5.91. The van der Waals surface area contributed by atoms with Crippen LogP contribution in [-0.4, -0.2) is 6.21 Å². The Bertz CT molecular complexity index is 207. The van der Waals surface area contributed by atoms with Gasteiger partial charge in [-0.25, -0.2) is 0 Å². The van der Waals surface area contributed by atoms with Gasteiger partial charge < -0.3 is 0 Å². The van der Waals surface area contributed by atoms with Gasteiger partial charge in [0.15, 0.2) is 0 Å². The molecule has 11 heavy (non-hydrogen) atoms. The zero-order chi connectivity index (χ0) is 8.53. The Morgan fingerprint density at radius 3 is 2.55 bits per heavy atom. The highest BCUT2D eigenvalue weighted by Gasteiger charge is 1.74. The third-order valence-corrected chi connectivity index (χ3v) is 0.965. The lowest BCUT2D eigenvalue weighted by Crippen LogP contribution is -1.65. The summed E-state index contributed by atoms with van der Waals surface area (Å²) in [6.45, 7) is 9.04. The van der Waals surface area contributed by atoms with Crippen LogP contribution in [0.5, 0.6) is 0 Å². The van der Waals surface area contributed by atoms with Gasteiger partial charge in [0.1, 0.15) is 0 Å². The highest BCUT2D eigenvalue weighted by Crippen LogP contribution is 1.94. The lowest BCUT2D eigenvalue weighted by molar-refractivity contribution is 1.43. The summed E-state index contributed by atoms with van der Waals surface area (Å²) in [5, 5.41) is 0. The molecule has 0 aliphatic heterocycles. The summed E-state index contributed by atoms with van der Waals surface area (Å²) in [5.74, 6) is 0. The van der Waals surface area contributed by atoms with Crippen molar-refractivity contribution in [3.05, 3.63) is 49.2 Å². The molecule has 0 fully saturated rings. The molecule has 0 aliphatic rings. The third-order valence-electron chi connectivity index (χ3n) is 0.965. The van der Waals surface area contributed by atoms with Crippen molar-refractivity contribution in [1.82, 2.24) is 0 Å². The second-order valence-corrected chi connectivity index (χ2v) is 2.00. The molecule has 0 aromatic carbocycles. The summed E-state index contributed by atoms with van der Waals surface area (Å²) in [7, 11) is 0. The normalized spacial score (nSPS) is 12.6.